The molecule has 4 rings (SSSR count). The van der Waals surface area contributed by atoms with Gasteiger partial charge in [0.15, 0.2) is 11.5 Å². The molecule has 0 spiro atoms. The molecule has 2 aromatic rings. The number of benzene rings is 2. The van der Waals surface area contributed by atoms with Crippen LogP contribution in [0.25, 0.3) is 0 Å². The number of hydrogen-bond acceptors (Lipinski definition) is 5. The van der Waals surface area contributed by atoms with Gasteiger partial charge in [0, 0.05) is 45.8 Å². The van der Waals surface area contributed by atoms with Gasteiger partial charge in [-0.2, -0.15) is 0 Å². The molecule has 0 atom stereocenters. The van der Waals surface area contributed by atoms with Gasteiger partial charge in [0.05, 0.1) is 20.8 Å². The summed E-state index contributed by atoms with van der Waals surface area (Å²) in [7, 11) is 3.33. The van der Waals surface area contributed by atoms with Crippen LogP contribution in [0.5, 0.6) is 11.5 Å². The lowest BCUT2D eigenvalue weighted by Crippen LogP contribution is -2.51. The molecule has 6 nitrogen and oxygen atoms in total. The van der Waals surface area contributed by atoms with Crippen molar-refractivity contribution in [3.63, 3.8) is 0 Å². The van der Waals surface area contributed by atoms with Gasteiger partial charge in [-0.1, -0.05) is 24.3 Å². The van der Waals surface area contributed by atoms with Crippen LogP contribution in [-0.4, -0.2) is 74.1 Å². The van der Waals surface area contributed by atoms with Crippen LogP contribution in [0.3, 0.4) is 0 Å². The van der Waals surface area contributed by atoms with Gasteiger partial charge in [0.1, 0.15) is 0 Å². The highest BCUT2D eigenvalue weighted by atomic mass is 16.5. The predicted molar refractivity (Wildman–Crippen MR) is 122 cm³/mol. The zero-order valence-electron chi connectivity index (χ0n) is 18.9. The monoisotopic (exact) mass is 423 g/mol. The number of amides is 1. The summed E-state index contributed by atoms with van der Waals surface area (Å²) in [5.41, 5.74) is 5.22. The number of ether oxygens (including phenoxy) is 2. The van der Waals surface area contributed by atoms with E-state index in [4.69, 9.17) is 9.47 Å². The second-order valence-electron chi connectivity index (χ2n) is 8.52. The third-order valence-electron chi connectivity index (χ3n) is 6.53. The van der Waals surface area contributed by atoms with Crippen molar-refractivity contribution in [1.82, 2.24) is 14.7 Å². The first-order valence-electron chi connectivity index (χ1n) is 11.1. The molecular formula is C25H33N3O3. The van der Waals surface area contributed by atoms with Gasteiger partial charge in [-0.15, -0.1) is 0 Å². The van der Waals surface area contributed by atoms with E-state index in [0.29, 0.717) is 6.54 Å². The second-order valence-corrected chi connectivity index (χ2v) is 8.52. The Morgan fingerprint density at radius 1 is 0.903 bits per heavy atom. The Morgan fingerprint density at radius 2 is 1.58 bits per heavy atom. The second kappa shape index (κ2) is 9.71. The Hall–Kier alpha value is -2.57. The van der Waals surface area contributed by atoms with E-state index in [9.17, 15) is 4.79 Å². The number of fused-ring (bicyclic) bond motifs is 1. The van der Waals surface area contributed by atoms with E-state index in [1.807, 2.05) is 11.0 Å². The average molecular weight is 424 g/mol. The molecule has 0 bridgehead atoms. The Morgan fingerprint density at radius 3 is 2.29 bits per heavy atom. The van der Waals surface area contributed by atoms with Crippen molar-refractivity contribution >= 4 is 5.91 Å². The van der Waals surface area contributed by atoms with Gasteiger partial charge in [0.25, 0.3) is 0 Å². The van der Waals surface area contributed by atoms with Crippen molar-refractivity contribution in [3.8, 4) is 11.5 Å². The van der Waals surface area contributed by atoms with Gasteiger partial charge in [-0.05, 0) is 47.7 Å². The summed E-state index contributed by atoms with van der Waals surface area (Å²) in [5.74, 6) is 1.78. The van der Waals surface area contributed by atoms with Gasteiger partial charge in [-0.25, -0.2) is 0 Å². The summed E-state index contributed by atoms with van der Waals surface area (Å²) in [6.45, 7) is 8.67. The van der Waals surface area contributed by atoms with Crippen molar-refractivity contribution in [2.45, 2.75) is 26.4 Å². The van der Waals surface area contributed by atoms with Crippen LogP contribution in [0.1, 0.15) is 22.3 Å². The van der Waals surface area contributed by atoms with E-state index in [2.05, 4.69) is 47.1 Å². The first-order chi connectivity index (χ1) is 15.1. The van der Waals surface area contributed by atoms with E-state index in [1.54, 1.807) is 14.2 Å². The molecule has 1 fully saturated rings. The van der Waals surface area contributed by atoms with E-state index in [-0.39, 0.29) is 5.91 Å². The molecule has 1 amide bonds. The van der Waals surface area contributed by atoms with Crippen molar-refractivity contribution < 1.29 is 14.3 Å². The van der Waals surface area contributed by atoms with Gasteiger partial charge < -0.3 is 14.4 Å². The van der Waals surface area contributed by atoms with Crippen molar-refractivity contribution in [2.75, 3.05) is 53.5 Å². The lowest BCUT2D eigenvalue weighted by Gasteiger charge is -2.36. The quantitative estimate of drug-likeness (QED) is 0.715. The van der Waals surface area contributed by atoms with Crippen molar-refractivity contribution in [3.05, 3.63) is 58.7 Å². The van der Waals surface area contributed by atoms with Crippen molar-refractivity contribution in [1.29, 1.82) is 0 Å². The summed E-state index contributed by atoms with van der Waals surface area (Å²) < 4.78 is 10.9. The first-order valence-corrected chi connectivity index (χ1v) is 11.1. The maximum absolute atomic E-state index is 12.9. The summed E-state index contributed by atoms with van der Waals surface area (Å²) in [6, 6.07) is 12.7. The molecule has 0 saturated carbocycles. The van der Waals surface area contributed by atoms with Gasteiger partial charge in [0.2, 0.25) is 5.91 Å². The third kappa shape index (κ3) is 5.02. The lowest BCUT2D eigenvalue weighted by atomic mass is 10.00. The fourth-order valence-electron chi connectivity index (χ4n) is 4.57. The standard InChI is InChI=1S/C25H33N3O3/c1-19-14-23(30-2)24(31-3)15-22(19)17-26-10-12-28(13-11-26)25(29)18-27-9-8-20-6-4-5-7-21(20)16-27/h4-7,14-15H,8-13,16-18H2,1-3H3. The molecule has 0 unspecified atom stereocenters. The topological polar surface area (TPSA) is 45.2 Å². The molecule has 0 aromatic heterocycles. The molecule has 2 heterocycles. The number of carbonyl (C=O) groups excluding carboxylic acids is 1. The smallest absolute Gasteiger partial charge is 0.236 e. The highest BCUT2D eigenvalue weighted by Crippen LogP contribution is 2.31. The number of rotatable bonds is 6. The van der Waals surface area contributed by atoms with E-state index in [0.717, 1.165) is 63.7 Å². The molecule has 0 radical (unpaired) electrons. The van der Waals surface area contributed by atoms with Crippen LogP contribution >= 0.6 is 0 Å². The number of aryl methyl sites for hydroxylation is 1. The molecule has 166 valence electrons. The average Bonchev–Trinajstić information content (AvgIpc) is 2.80. The maximum Gasteiger partial charge on any atom is 0.236 e. The molecular weight excluding hydrogens is 390 g/mol. The normalized spacial score (nSPS) is 17.3. The van der Waals surface area contributed by atoms with Gasteiger partial charge >= 0.3 is 0 Å². The Kier molecular flexibility index (Phi) is 6.78. The molecule has 2 aromatic carbocycles. The fourth-order valence-corrected chi connectivity index (χ4v) is 4.57. The minimum atomic E-state index is 0.251. The summed E-state index contributed by atoms with van der Waals surface area (Å²) in [4.78, 5) is 19.6. The minimum Gasteiger partial charge on any atom is -0.493 e. The number of carbonyl (C=O) groups is 1. The third-order valence-corrected chi connectivity index (χ3v) is 6.53. The lowest BCUT2D eigenvalue weighted by molar-refractivity contribution is -0.134. The zero-order chi connectivity index (χ0) is 21.8. The van der Waals surface area contributed by atoms with E-state index in [1.165, 1.54) is 22.3 Å². The van der Waals surface area contributed by atoms with Crippen molar-refractivity contribution in [2.24, 2.45) is 0 Å². The van der Waals surface area contributed by atoms with Crippen LogP contribution in [-0.2, 0) is 24.3 Å². The van der Waals surface area contributed by atoms with Crippen LogP contribution < -0.4 is 9.47 Å². The highest BCUT2D eigenvalue weighted by Gasteiger charge is 2.25. The summed E-state index contributed by atoms with van der Waals surface area (Å²) >= 11 is 0. The summed E-state index contributed by atoms with van der Waals surface area (Å²) in [6.07, 6.45) is 1.03. The first kappa shape index (κ1) is 21.7. The van der Waals surface area contributed by atoms with Crippen LogP contribution in [0, 0.1) is 6.92 Å². The number of methoxy groups -OCH3 is 2. The molecule has 31 heavy (non-hydrogen) atoms. The number of piperazine rings is 1. The van der Waals surface area contributed by atoms with Crippen LogP contribution in [0.15, 0.2) is 36.4 Å². The largest absolute Gasteiger partial charge is 0.493 e. The molecule has 2 aliphatic heterocycles. The number of hydrogen-bond donors (Lipinski definition) is 0. The van der Waals surface area contributed by atoms with E-state index < -0.39 is 0 Å². The molecule has 2 aliphatic rings. The summed E-state index contributed by atoms with van der Waals surface area (Å²) in [5, 5.41) is 0. The minimum absolute atomic E-state index is 0.251. The van der Waals surface area contributed by atoms with Gasteiger partial charge in [-0.3, -0.25) is 14.6 Å². The highest BCUT2D eigenvalue weighted by molar-refractivity contribution is 5.78. The Balaban J connectivity index is 1.28. The number of nitrogens with zero attached hydrogens (tertiary/aromatic N) is 3. The fraction of sp³-hybridized carbons (Fsp3) is 0.480. The van der Waals surface area contributed by atoms with Crippen LogP contribution in [0.2, 0.25) is 0 Å². The molecule has 1 saturated heterocycles. The molecule has 0 aliphatic carbocycles. The maximum atomic E-state index is 12.9. The van der Waals surface area contributed by atoms with E-state index >= 15 is 0 Å². The SMILES string of the molecule is COc1cc(C)c(CN2CCN(C(=O)CN3CCc4ccccc4C3)CC2)cc1OC. The molecule has 0 N–H and O–H groups in total. The predicted octanol–water partition coefficient (Wildman–Crippen LogP) is 2.71. The zero-order valence-corrected chi connectivity index (χ0v) is 18.9. The van der Waals surface area contributed by atoms with Crippen LogP contribution in [0.4, 0.5) is 0 Å². The Bertz CT molecular complexity index is 922. The Labute approximate surface area is 185 Å². The molecule has 6 heteroatoms.